The van der Waals surface area contributed by atoms with Crippen molar-refractivity contribution in [1.29, 1.82) is 0 Å². The SMILES string of the molecule is O=C(O)C#Cc1ccc2c(c1)-c1cc(Br)ccc1-2. The maximum atomic E-state index is 10.4. The Morgan fingerprint density at radius 2 is 1.67 bits per heavy atom. The number of carboxylic acids is 1. The van der Waals surface area contributed by atoms with E-state index in [2.05, 4.69) is 39.9 Å². The van der Waals surface area contributed by atoms with Gasteiger partial charge in [0, 0.05) is 16.0 Å². The van der Waals surface area contributed by atoms with E-state index in [-0.39, 0.29) is 0 Å². The lowest BCUT2D eigenvalue weighted by Gasteiger charge is -2.24. The summed E-state index contributed by atoms with van der Waals surface area (Å²) in [7, 11) is 0. The van der Waals surface area contributed by atoms with Crippen LogP contribution in [0, 0.1) is 11.8 Å². The van der Waals surface area contributed by atoms with Crippen LogP contribution in [0.25, 0.3) is 22.3 Å². The first-order chi connectivity index (χ1) is 8.65. The van der Waals surface area contributed by atoms with Crippen LogP contribution in [0.5, 0.6) is 0 Å². The highest BCUT2D eigenvalue weighted by Crippen LogP contribution is 2.48. The van der Waals surface area contributed by atoms with Gasteiger partial charge in [0.25, 0.3) is 0 Å². The van der Waals surface area contributed by atoms with E-state index in [0.717, 1.165) is 15.6 Å². The standard InChI is InChI=1S/C15H7BrO2/c16-10-3-5-12-11-4-1-9(2-6-15(17)18)7-13(11)14(12)8-10/h1,3-5,7-8H,(H,17,18). The summed E-state index contributed by atoms with van der Waals surface area (Å²) in [5, 5.41) is 8.53. The Morgan fingerprint density at radius 3 is 2.39 bits per heavy atom. The summed E-state index contributed by atoms with van der Waals surface area (Å²) in [6.45, 7) is 0. The molecule has 0 spiro atoms. The van der Waals surface area contributed by atoms with Gasteiger partial charge in [-0.2, -0.15) is 0 Å². The van der Waals surface area contributed by atoms with Gasteiger partial charge >= 0.3 is 5.97 Å². The minimum absolute atomic E-state index is 0.724. The van der Waals surface area contributed by atoms with Crippen molar-refractivity contribution < 1.29 is 9.90 Å². The van der Waals surface area contributed by atoms with Crippen LogP contribution in [0.4, 0.5) is 0 Å². The zero-order valence-electron chi connectivity index (χ0n) is 9.20. The van der Waals surface area contributed by atoms with Crippen molar-refractivity contribution in [3.63, 3.8) is 0 Å². The second-order valence-corrected chi connectivity index (χ2v) is 4.92. The van der Waals surface area contributed by atoms with Crippen molar-refractivity contribution in [1.82, 2.24) is 0 Å². The van der Waals surface area contributed by atoms with Crippen LogP contribution in [-0.2, 0) is 4.79 Å². The number of hydrogen-bond donors (Lipinski definition) is 1. The Labute approximate surface area is 112 Å². The van der Waals surface area contributed by atoms with Crippen LogP contribution in [0.3, 0.4) is 0 Å². The van der Waals surface area contributed by atoms with Crippen molar-refractivity contribution in [2.45, 2.75) is 0 Å². The van der Waals surface area contributed by atoms with E-state index in [1.165, 1.54) is 16.7 Å². The zero-order valence-corrected chi connectivity index (χ0v) is 10.8. The number of carboxylic acid groups (broad SMARTS) is 1. The fourth-order valence-electron chi connectivity index (χ4n) is 2.12. The normalized spacial score (nSPS) is 10.5. The first kappa shape index (κ1) is 11.1. The van der Waals surface area contributed by atoms with E-state index >= 15 is 0 Å². The highest BCUT2D eigenvalue weighted by molar-refractivity contribution is 9.10. The molecule has 0 saturated heterocycles. The van der Waals surface area contributed by atoms with E-state index in [1.807, 2.05) is 24.3 Å². The lowest BCUT2D eigenvalue weighted by molar-refractivity contribution is -0.130. The summed E-state index contributed by atoms with van der Waals surface area (Å²) in [5.41, 5.74) is 5.45. The molecule has 0 saturated carbocycles. The minimum Gasteiger partial charge on any atom is -0.472 e. The lowest BCUT2D eigenvalue weighted by Crippen LogP contribution is -1.99. The number of carbonyl (C=O) groups is 1. The summed E-state index contributed by atoms with van der Waals surface area (Å²) in [4.78, 5) is 10.4. The molecule has 0 amide bonds. The van der Waals surface area contributed by atoms with Gasteiger partial charge in [-0.05, 0) is 46.5 Å². The molecular formula is C15H7BrO2. The van der Waals surface area contributed by atoms with E-state index in [4.69, 9.17) is 5.11 Å². The van der Waals surface area contributed by atoms with Crippen LogP contribution in [0.2, 0.25) is 0 Å². The quantitative estimate of drug-likeness (QED) is 0.645. The maximum Gasteiger partial charge on any atom is 0.382 e. The second-order valence-electron chi connectivity index (χ2n) is 4.01. The van der Waals surface area contributed by atoms with E-state index in [0.29, 0.717) is 0 Å². The molecule has 0 aromatic heterocycles. The van der Waals surface area contributed by atoms with Gasteiger partial charge in [0.1, 0.15) is 0 Å². The number of halogens is 1. The van der Waals surface area contributed by atoms with Crippen LogP contribution >= 0.6 is 15.9 Å². The molecule has 1 N–H and O–H groups in total. The Balaban J connectivity index is 2.05. The van der Waals surface area contributed by atoms with Crippen molar-refractivity contribution in [3.8, 4) is 34.1 Å². The van der Waals surface area contributed by atoms with Crippen molar-refractivity contribution in [2.75, 3.05) is 0 Å². The molecule has 86 valence electrons. The smallest absolute Gasteiger partial charge is 0.382 e. The fourth-order valence-corrected chi connectivity index (χ4v) is 2.48. The van der Waals surface area contributed by atoms with Gasteiger partial charge in [0.15, 0.2) is 0 Å². The Bertz CT molecular complexity index is 736. The van der Waals surface area contributed by atoms with Gasteiger partial charge in [0.05, 0.1) is 0 Å². The molecule has 0 atom stereocenters. The Kier molecular flexibility index (Phi) is 2.46. The molecule has 0 bridgehead atoms. The Hall–Kier alpha value is -2.05. The third-order valence-electron chi connectivity index (χ3n) is 2.90. The zero-order chi connectivity index (χ0) is 12.7. The summed E-state index contributed by atoms with van der Waals surface area (Å²) >= 11 is 3.44. The predicted octanol–water partition coefficient (Wildman–Crippen LogP) is 3.53. The summed E-state index contributed by atoms with van der Waals surface area (Å²) < 4.78 is 1.04. The second kappa shape index (κ2) is 4.01. The predicted molar refractivity (Wildman–Crippen MR) is 73.1 cm³/mol. The van der Waals surface area contributed by atoms with Crippen LogP contribution in [0.1, 0.15) is 5.56 Å². The fraction of sp³-hybridized carbons (Fsp3) is 0. The molecule has 0 unspecified atom stereocenters. The lowest BCUT2D eigenvalue weighted by atomic mass is 9.80. The average Bonchev–Trinajstić information content (AvgIpc) is 2.34. The van der Waals surface area contributed by atoms with Gasteiger partial charge in [0.2, 0.25) is 0 Å². The first-order valence-corrected chi connectivity index (χ1v) is 6.14. The summed E-state index contributed by atoms with van der Waals surface area (Å²) in [6, 6.07) is 11.9. The van der Waals surface area contributed by atoms with Crippen LogP contribution in [-0.4, -0.2) is 11.1 Å². The highest BCUT2D eigenvalue weighted by Gasteiger charge is 2.22. The third kappa shape index (κ3) is 1.71. The molecule has 0 aliphatic heterocycles. The van der Waals surface area contributed by atoms with Gasteiger partial charge in [-0.25, -0.2) is 4.79 Å². The molecule has 3 rings (SSSR count). The van der Waals surface area contributed by atoms with Crippen molar-refractivity contribution >= 4 is 21.9 Å². The van der Waals surface area contributed by atoms with Gasteiger partial charge in [-0.1, -0.05) is 34.0 Å². The van der Waals surface area contributed by atoms with Gasteiger partial charge < -0.3 is 5.11 Å². The molecule has 0 radical (unpaired) electrons. The van der Waals surface area contributed by atoms with E-state index in [1.54, 1.807) is 0 Å². The summed E-state index contributed by atoms with van der Waals surface area (Å²) in [6.07, 6.45) is 0. The van der Waals surface area contributed by atoms with Gasteiger partial charge in [-0.15, -0.1) is 0 Å². The molecule has 0 fully saturated rings. The summed E-state index contributed by atoms with van der Waals surface area (Å²) in [5.74, 6) is 3.65. The first-order valence-electron chi connectivity index (χ1n) is 5.34. The topological polar surface area (TPSA) is 37.3 Å². The van der Waals surface area contributed by atoms with Crippen LogP contribution in [0.15, 0.2) is 40.9 Å². The van der Waals surface area contributed by atoms with Crippen molar-refractivity contribution in [3.05, 3.63) is 46.4 Å². The minimum atomic E-state index is -1.11. The number of aliphatic carboxylic acids is 1. The maximum absolute atomic E-state index is 10.4. The van der Waals surface area contributed by atoms with Gasteiger partial charge in [-0.3, -0.25) is 0 Å². The highest BCUT2D eigenvalue weighted by atomic mass is 79.9. The molecule has 2 aromatic rings. The molecule has 0 heterocycles. The van der Waals surface area contributed by atoms with E-state index in [9.17, 15) is 4.79 Å². The third-order valence-corrected chi connectivity index (χ3v) is 3.39. The molecule has 18 heavy (non-hydrogen) atoms. The largest absolute Gasteiger partial charge is 0.472 e. The monoisotopic (exact) mass is 298 g/mol. The molecule has 3 heteroatoms. The molecule has 2 aromatic carbocycles. The number of hydrogen-bond acceptors (Lipinski definition) is 1. The molecule has 1 aliphatic carbocycles. The molecule has 2 nitrogen and oxygen atoms in total. The average molecular weight is 299 g/mol. The van der Waals surface area contributed by atoms with Crippen molar-refractivity contribution in [2.24, 2.45) is 0 Å². The number of rotatable bonds is 0. The number of benzene rings is 2. The number of fused-ring (bicyclic) bond motifs is 4. The van der Waals surface area contributed by atoms with Crippen LogP contribution < -0.4 is 0 Å². The Morgan fingerprint density at radius 1 is 1.00 bits per heavy atom. The molecular weight excluding hydrogens is 292 g/mol. The van der Waals surface area contributed by atoms with E-state index < -0.39 is 5.97 Å². The molecule has 1 aliphatic rings.